The molecule has 1 heteroatoms. The molecular formula is C17H17N. The third kappa shape index (κ3) is 2.04. The van der Waals surface area contributed by atoms with Gasteiger partial charge in [0.25, 0.3) is 0 Å². The van der Waals surface area contributed by atoms with E-state index in [1.165, 1.54) is 27.6 Å². The van der Waals surface area contributed by atoms with Crippen molar-refractivity contribution in [3.05, 3.63) is 71.4 Å². The summed E-state index contributed by atoms with van der Waals surface area (Å²) in [5, 5.41) is 1.32. The highest BCUT2D eigenvalue weighted by atomic mass is 14.9. The Bertz CT molecular complexity index is 692. The van der Waals surface area contributed by atoms with Gasteiger partial charge in [-0.05, 0) is 43.0 Å². The highest BCUT2D eigenvalue weighted by Gasteiger charge is 2.02. The summed E-state index contributed by atoms with van der Waals surface area (Å²) < 4.78 is 2.31. The first-order valence-corrected chi connectivity index (χ1v) is 6.33. The lowest BCUT2D eigenvalue weighted by atomic mass is 10.1. The van der Waals surface area contributed by atoms with Gasteiger partial charge in [0.2, 0.25) is 0 Å². The van der Waals surface area contributed by atoms with E-state index in [0.29, 0.717) is 0 Å². The van der Waals surface area contributed by atoms with E-state index in [-0.39, 0.29) is 0 Å². The Morgan fingerprint density at radius 2 is 1.72 bits per heavy atom. The SMILES string of the molecule is Cc1cccc(Cn2ccc3cc(C)ccc32)c1. The summed E-state index contributed by atoms with van der Waals surface area (Å²) in [5.74, 6) is 0. The zero-order valence-corrected chi connectivity index (χ0v) is 10.9. The van der Waals surface area contributed by atoms with Crippen LogP contribution in [0.25, 0.3) is 10.9 Å². The minimum atomic E-state index is 0.939. The van der Waals surface area contributed by atoms with Crippen molar-refractivity contribution in [1.82, 2.24) is 4.57 Å². The number of hydrogen-bond acceptors (Lipinski definition) is 0. The average molecular weight is 235 g/mol. The van der Waals surface area contributed by atoms with E-state index >= 15 is 0 Å². The first-order chi connectivity index (χ1) is 8.72. The molecule has 90 valence electrons. The summed E-state index contributed by atoms with van der Waals surface area (Å²) in [4.78, 5) is 0. The molecule has 2 aromatic carbocycles. The molecule has 0 unspecified atom stereocenters. The molecule has 0 amide bonds. The first kappa shape index (κ1) is 11.1. The fourth-order valence-electron chi connectivity index (χ4n) is 2.46. The summed E-state index contributed by atoms with van der Waals surface area (Å²) >= 11 is 0. The molecule has 0 saturated heterocycles. The molecule has 0 aliphatic heterocycles. The van der Waals surface area contributed by atoms with Crippen LogP contribution in [0.4, 0.5) is 0 Å². The van der Waals surface area contributed by atoms with Crippen molar-refractivity contribution < 1.29 is 0 Å². The summed E-state index contributed by atoms with van der Waals surface area (Å²) in [6.07, 6.45) is 2.17. The second-order valence-corrected chi connectivity index (χ2v) is 4.99. The fraction of sp³-hybridized carbons (Fsp3) is 0.176. The van der Waals surface area contributed by atoms with Gasteiger partial charge in [0, 0.05) is 18.3 Å². The standard InChI is InChI=1S/C17H17N/c1-13-4-3-5-15(10-13)12-18-9-8-16-11-14(2)6-7-17(16)18/h3-11H,12H2,1-2H3. The molecule has 0 spiro atoms. The van der Waals surface area contributed by atoms with Crippen molar-refractivity contribution in [2.45, 2.75) is 20.4 Å². The quantitative estimate of drug-likeness (QED) is 0.624. The van der Waals surface area contributed by atoms with E-state index in [0.717, 1.165) is 6.54 Å². The van der Waals surface area contributed by atoms with Gasteiger partial charge in [0.1, 0.15) is 0 Å². The maximum Gasteiger partial charge on any atom is 0.0483 e. The van der Waals surface area contributed by atoms with Crippen molar-refractivity contribution in [3.63, 3.8) is 0 Å². The van der Waals surface area contributed by atoms with Gasteiger partial charge in [-0.15, -0.1) is 0 Å². The summed E-state index contributed by atoms with van der Waals surface area (Å²) in [7, 11) is 0. The molecule has 0 radical (unpaired) electrons. The number of rotatable bonds is 2. The maximum absolute atomic E-state index is 2.31. The van der Waals surface area contributed by atoms with E-state index < -0.39 is 0 Å². The average Bonchev–Trinajstić information content (AvgIpc) is 2.72. The van der Waals surface area contributed by atoms with Crippen LogP contribution in [0.3, 0.4) is 0 Å². The monoisotopic (exact) mass is 235 g/mol. The van der Waals surface area contributed by atoms with E-state index in [2.05, 4.69) is 73.1 Å². The third-order valence-electron chi connectivity index (χ3n) is 3.36. The van der Waals surface area contributed by atoms with E-state index in [1.807, 2.05) is 0 Å². The Balaban J connectivity index is 2.00. The molecule has 3 aromatic rings. The van der Waals surface area contributed by atoms with Gasteiger partial charge < -0.3 is 4.57 Å². The number of aryl methyl sites for hydroxylation is 2. The number of fused-ring (bicyclic) bond motifs is 1. The lowest BCUT2D eigenvalue weighted by Gasteiger charge is -2.06. The van der Waals surface area contributed by atoms with Gasteiger partial charge >= 0.3 is 0 Å². The normalized spacial score (nSPS) is 11.0. The van der Waals surface area contributed by atoms with Crippen LogP contribution in [-0.2, 0) is 6.54 Å². The van der Waals surface area contributed by atoms with Crippen LogP contribution in [0.5, 0.6) is 0 Å². The lowest BCUT2D eigenvalue weighted by molar-refractivity contribution is 0.836. The number of nitrogens with zero attached hydrogens (tertiary/aromatic N) is 1. The van der Waals surface area contributed by atoms with E-state index in [1.54, 1.807) is 0 Å². The number of benzene rings is 2. The Hall–Kier alpha value is -2.02. The number of hydrogen-bond donors (Lipinski definition) is 0. The highest BCUT2D eigenvalue weighted by Crippen LogP contribution is 2.19. The molecule has 0 bridgehead atoms. The van der Waals surface area contributed by atoms with Crippen LogP contribution in [0.15, 0.2) is 54.7 Å². The van der Waals surface area contributed by atoms with Gasteiger partial charge in [-0.3, -0.25) is 0 Å². The second-order valence-electron chi connectivity index (χ2n) is 4.99. The Labute approximate surface area is 108 Å². The van der Waals surface area contributed by atoms with Crippen molar-refractivity contribution in [2.24, 2.45) is 0 Å². The first-order valence-electron chi connectivity index (χ1n) is 6.33. The third-order valence-corrected chi connectivity index (χ3v) is 3.36. The van der Waals surface area contributed by atoms with Crippen molar-refractivity contribution >= 4 is 10.9 Å². The lowest BCUT2D eigenvalue weighted by Crippen LogP contribution is -1.97. The highest BCUT2D eigenvalue weighted by molar-refractivity contribution is 5.80. The molecule has 0 atom stereocenters. The van der Waals surface area contributed by atoms with Crippen LogP contribution < -0.4 is 0 Å². The Morgan fingerprint density at radius 3 is 2.56 bits per heavy atom. The van der Waals surface area contributed by atoms with Crippen molar-refractivity contribution in [3.8, 4) is 0 Å². The molecule has 0 saturated carbocycles. The molecule has 0 aliphatic rings. The van der Waals surface area contributed by atoms with Crippen molar-refractivity contribution in [1.29, 1.82) is 0 Å². The molecule has 1 nitrogen and oxygen atoms in total. The van der Waals surface area contributed by atoms with Crippen LogP contribution in [-0.4, -0.2) is 4.57 Å². The zero-order chi connectivity index (χ0) is 12.5. The van der Waals surface area contributed by atoms with Gasteiger partial charge in [-0.1, -0.05) is 41.5 Å². The van der Waals surface area contributed by atoms with Crippen LogP contribution in [0.1, 0.15) is 16.7 Å². The topological polar surface area (TPSA) is 4.93 Å². The molecule has 0 aliphatic carbocycles. The Morgan fingerprint density at radius 1 is 0.889 bits per heavy atom. The van der Waals surface area contributed by atoms with Crippen molar-refractivity contribution in [2.75, 3.05) is 0 Å². The summed E-state index contributed by atoms with van der Waals surface area (Å²) in [6, 6.07) is 17.5. The molecule has 0 fully saturated rings. The number of aromatic nitrogens is 1. The zero-order valence-electron chi connectivity index (χ0n) is 10.9. The molecule has 1 aromatic heterocycles. The Kier molecular flexibility index (Phi) is 2.67. The molecule has 1 heterocycles. The molecule has 3 rings (SSSR count). The minimum absolute atomic E-state index is 0.939. The van der Waals surface area contributed by atoms with Crippen LogP contribution in [0, 0.1) is 13.8 Å². The van der Waals surface area contributed by atoms with Gasteiger partial charge in [0.05, 0.1) is 0 Å². The predicted octanol–water partition coefficient (Wildman–Crippen LogP) is 4.31. The van der Waals surface area contributed by atoms with Crippen LogP contribution >= 0.6 is 0 Å². The smallest absolute Gasteiger partial charge is 0.0483 e. The van der Waals surface area contributed by atoms with Gasteiger partial charge in [-0.2, -0.15) is 0 Å². The molecule has 0 N–H and O–H groups in total. The van der Waals surface area contributed by atoms with E-state index in [4.69, 9.17) is 0 Å². The molecular weight excluding hydrogens is 218 g/mol. The molecule has 18 heavy (non-hydrogen) atoms. The largest absolute Gasteiger partial charge is 0.343 e. The minimum Gasteiger partial charge on any atom is -0.343 e. The maximum atomic E-state index is 2.31. The van der Waals surface area contributed by atoms with Gasteiger partial charge in [0.15, 0.2) is 0 Å². The predicted molar refractivity (Wildman–Crippen MR) is 77.0 cm³/mol. The van der Waals surface area contributed by atoms with Gasteiger partial charge in [-0.25, -0.2) is 0 Å². The van der Waals surface area contributed by atoms with Crippen LogP contribution in [0.2, 0.25) is 0 Å². The summed E-state index contributed by atoms with van der Waals surface area (Å²) in [5.41, 5.74) is 5.30. The summed E-state index contributed by atoms with van der Waals surface area (Å²) in [6.45, 7) is 5.21. The second kappa shape index (κ2) is 4.34. The van der Waals surface area contributed by atoms with E-state index in [9.17, 15) is 0 Å². The fourth-order valence-corrected chi connectivity index (χ4v) is 2.46.